The van der Waals surface area contributed by atoms with Gasteiger partial charge in [0, 0.05) is 5.69 Å². The number of rotatable bonds is 3. The Kier molecular flexibility index (Phi) is 4.06. The molecule has 4 nitrogen and oxygen atoms in total. The minimum Gasteiger partial charge on any atom is -0.450 e. The number of fused-ring (bicyclic) bond motifs is 2. The van der Waals surface area contributed by atoms with E-state index in [0.717, 1.165) is 17.7 Å². The molecule has 1 atom stereocenters. The molecule has 4 aromatic rings. The van der Waals surface area contributed by atoms with Crippen molar-refractivity contribution in [2.75, 3.05) is 4.90 Å². The number of para-hydroxylation sites is 1. The highest BCUT2D eigenvalue weighted by Gasteiger charge is 2.43. The van der Waals surface area contributed by atoms with Gasteiger partial charge in [0.15, 0.2) is 5.43 Å². The third-order valence-corrected chi connectivity index (χ3v) is 5.52. The maximum atomic E-state index is 13.4. The highest BCUT2D eigenvalue weighted by molar-refractivity contribution is 6.10. The van der Waals surface area contributed by atoms with E-state index < -0.39 is 6.04 Å². The van der Waals surface area contributed by atoms with Crippen molar-refractivity contribution >= 4 is 22.6 Å². The minimum atomic E-state index is -0.521. The molecular weight excluding hydrogens is 362 g/mol. The molecule has 0 radical (unpaired) electrons. The lowest BCUT2D eigenvalue weighted by molar-refractivity contribution is 0.0971. The van der Waals surface area contributed by atoms with Gasteiger partial charge < -0.3 is 4.42 Å². The maximum absolute atomic E-state index is 13.4. The Morgan fingerprint density at radius 2 is 1.55 bits per heavy atom. The van der Waals surface area contributed by atoms with Gasteiger partial charge in [-0.3, -0.25) is 14.5 Å². The SMILES string of the molecule is CCc1ccc(N2C(=O)c3oc4ccccc4c(=O)c3C2c2ccccc2)cc1. The molecule has 3 aromatic carbocycles. The van der Waals surface area contributed by atoms with E-state index in [1.165, 1.54) is 5.56 Å². The predicted molar refractivity (Wildman–Crippen MR) is 113 cm³/mol. The molecule has 0 saturated heterocycles. The number of benzene rings is 3. The number of aryl methyl sites for hydroxylation is 1. The quantitative estimate of drug-likeness (QED) is 0.496. The maximum Gasteiger partial charge on any atom is 0.295 e. The molecule has 0 N–H and O–H groups in total. The van der Waals surface area contributed by atoms with Crippen molar-refractivity contribution in [1.29, 1.82) is 0 Å². The molecule has 0 fully saturated rings. The summed E-state index contributed by atoms with van der Waals surface area (Å²) in [7, 11) is 0. The largest absolute Gasteiger partial charge is 0.450 e. The number of nitrogens with zero attached hydrogens (tertiary/aromatic N) is 1. The van der Waals surface area contributed by atoms with E-state index in [0.29, 0.717) is 16.5 Å². The summed E-state index contributed by atoms with van der Waals surface area (Å²) in [4.78, 5) is 28.5. The summed E-state index contributed by atoms with van der Waals surface area (Å²) in [5, 5.41) is 0.489. The molecule has 5 rings (SSSR count). The monoisotopic (exact) mass is 381 g/mol. The average molecular weight is 381 g/mol. The van der Waals surface area contributed by atoms with Gasteiger partial charge in [0.2, 0.25) is 5.76 Å². The first-order valence-electron chi connectivity index (χ1n) is 9.72. The number of amides is 1. The minimum absolute atomic E-state index is 0.127. The predicted octanol–water partition coefficient (Wildman–Crippen LogP) is 5.11. The van der Waals surface area contributed by atoms with Gasteiger partial charge in [0.25, 0.3) is 5.91 Å². The molecular formula is C25H19NO3. The second-order valence-corrected chi connectivity index (χ2v) is 7.18. The van der Waals surface area contributed by atoms with Crippen LogP contribution in [-0.2, 0) is 6.42 Å². The summed E-state index contributed by atoms with van der Waals surface area (Å²) in [5.41, 5.74) is 3.49. The first-order chi connectivity index (χ1) is 14.2. The Morgan fingerprint density at radius 1 is 0.862 bits per heavy atom. The van der Waals surface area contributed by atoms with E-state index in [2.05, 4.69) is 6.92 Å². The van der Waals surface area contributed by atoms with Crippen LogP contribution >= 0.6 is 0 Å². The number of carbonyl (C=O) groups excluding carboxylic acids is 1. The van der Waals surface area contributed by atoms with E-state index in [1.54, 1.807) is 29.2 Å². The van der Waals surface area contributed by atoms with Crippen LogP contribution in [-0.4, -0.2) is 5.91 Å². The van der Waals surface area contributed by atoms with E-state index in [1.807, 2.05) is 54.6 Å². The molecule has 0 aliphatic carbocycles. The summed E-state index contributed by atoms with van der Waals surface area (Å²) in [6, 6.07) is 24.1. The summed E-state index contributed by atoms with van der Waals surface area (Å²) < 4.78 is 5.95. The Bertz CT molecular complexity index is 1270. The molecule has 1 amide bonds. The lowest BCUT2D eigenvalue weighted by Gasteiger charge is -2.25. The van der Waals surface area contributed by atoms with Crippen molar-refractivity contribution in [1.82, 2.24) is 0 Å². The average Bonchev–Trinajstić information content (AvgIpc) is 3.07. The Labute approximate surface area is 168 Å². The topological polar surface area (TPSA) is 50.5 Å². The van der Waals surface area contributed by atoms with Crippen molar-refractivity contribution in [3.63, 3.8) is 0 Å². The Morgan fingerprint density at radius 3 is 2.28 bits per heavy atom. The van der Waals surface area contributed by atoms with Crippen LogP contribution in [0.1, 0.15) is 40.2 Å². The van der Waals surface area contributed by atoms with E-state index >= 15 is 0 Å². The van der Waals surface area contributed by atoms with Gasteiger partial charge in [-0.25, -0.2) is 0 Å². The van der Waals surface area contributed by atoms with Crippen LogP contribution in [0.25, 0.3) is 11.0 Å². The number of hydrogen-bond acceptors (Lipinski definition) is 3. The van der Waals surface area contributed by atoms with Gasteiger partial charge in [0.05, 0.1) is 17.0 Å². The van der Waals surface area contributed by atoms with Gasteiger partial charge in [-0.1, -0.05) is 61.5 Å². The molecule has 1 aromatic heterocycles. The van der Waals surface area contributed by atoms with Crippen LogP contribution in [0.4, 0.5) is 5.69 Å². The molecule has 142 valence electrons. The van der Waals surface area contributed by atoms with E-state index in [-0.39, 0.29) is 17.1 Å². The van der Waals surface area contributed by atoms with Crippen molar-refractivity contribution in [3.05, 3.63) is 112 Å². The van der Waals surface area contributed by atoms with Crippen LogP contribution in [0.2, 0.25) is 0 Å². The lowest BCUT2D eigenvalue weighted by Crippen LogP contribution is -2.29. The lowest BCUT2D eigenvalue weighted by atomic mass is 9.98. The first kappa shape index (κ1) is 17.4. The first-order valence-corrected chi connectivity index (χ1v) is 9.72. The van der Waals surface area contributed by atoms with Crippen molar-refractivity contribution in [2.45, 2.75) is 19.4 Å². The second kappa shape index (κ2) is 6.74. The summed E-state index contributed by atoms with van der Waals surface area (Å²) in [5.74, 6) is -0.164. The summed E-state index contributed by atoms with van der Waals surface area (Å²) >= 11 is 0. The zero-order chi connectivity index (χ0) is 20.0. The molecule has 1 aliphatic heterocycles. The van der Waals surface area contributed by atoms with Crippen LogP contribution in [0.3, 0.4) is 0 Å². The zero-order valence-electron chi connectivity index (χ0n) is 16.0. The third kappa shape index (κ3) is 2.68. The van der Waals surface area contributed by atoms with Crippen LogP contribution in [0.5, 0.6) is 0 Å². The normalized spacial score (nSPS) is 15.7. The van der Waals surface area contributed by atoms with Gasteiger partial charge >= 0.3 is 0 Å². The highest BCUT2D eigenvalue weighted by Crippen LogP contribution is 2.41. The van der Waals surface area contributed by atoms with Crippen molar-refractivity contribution < 1.29 is 9.21 Å². The van der Waals surface area contributed by atoms with Gasteiger partial charge in [-0.05, 0) is 41.8 Å². The van der Waals surface area contributed by atoms with Crippen molar-refractivity contribution in [3.8, 4) is 0 Å². The van der Waals surface area contributed by atoms with Gasteiger partial charge in [0.1, 0.15) is 5.58 Å². The molecule has 0 bridgehead atoms. The third-order valence-electron chi connectivity index (χ3n) is 5.52. The molecule has 1 unspecified atom stereocenters. The summed E-state index contributed by atoms with van der Waals surface area (Å²) in [6.07, 6.45) is 0.919. The number of anilines is 1. The molecule has 2 heterocycles. The smallest absolute Gasteiger partial charge is 0.295 e. The van der Waals surface area contributed by atoms with Crippen LogP contribution in [0, 0.1) is 0 Å². The fraction of sp³-hybridized carbons (Fsp3) is 0.120. The number of hydrogen-bond donors (Lipinski definition) is 0. The Balaban J connectivity index is 1.78. The molecule has 29 heavy (non-hydrogen) atoms. The second-order valence-electron chi connectivity index (χ2n) is 7.18. The van der Waals surface area contributed by atoms with E-state index in [9.17, 15) is 9.59 Å². The fourth-order valence-electron chi connectivity index (χ4n) is 4.03. The van der Waals surface area contributed by atoms with Gasteiger partial charge in [-0.15, -0.1) is 0 Å². The standard InChI is InChI=1S/C25H19NO3/c1-2-16-12-14-18(15-13-16)26-22(17-8-4-3-5-9-17)21-23(27)19-10-6-7-11-20(19)29-24(21)25(26)28/h3-15,22H,2H2,1H3. The Hall–Kier alpha value is -3.66. The van der Waals surface area contributed by atoms with Crippen LogP contribution < -0.4 is 10.3 Å². The van der Waals surface area contributed by atoms with Crippen molar-refractivity contribution in [2.24, 2.45) is 0 Å². The zero-order valence-corrected chi connectivity index (χ0v) is 16.0. The molecule has 4 heteroatoms. The molecule has 0 spiro atoms. The van der Waals surface area contributed by atoms with Gasteiger partial charge in [-0.2, -0.15) is 0 Å². The van der Waals surface area contributed by atoms with Crippen LogP contribution in [0.15, 0.2) is 88.1 Å². The molecule has 1 aliphatic rings. The molecule has 0 saturated carbocycles. The fourth-order valence-corrected chi connectivity index (χ4v) is 4.03. The highest BCUT2D eigenvalue weighted by atomic mass is 16.3. The summed E-state index contributed by atoms with van der Waals surface area (Å²) in [6.45, 7) is 2.09. The number of carbonyl (C=O) groups is 1. The van der Waals surface area contributed by atoms with E-state index in [4.69, 9.17) is 4.42 Å².